The van der Waals surface area contributed by atoms with Crippen LogP contribution in [0.4, 0.5) is 5.69 Å². The lowest BCUT2D eigenvalue weighted by Crippen LogP contribution is -2.40. The van der Waals surface area contributed by atoms with Crippen molar-refractivity contribution in [1.29, 1.82) is 0 Å². The lowest BCUT2D eigenvalue weighted by molar-refractivity contribution is 0.486. The zero-order valence-electron chi connectivity index (χ0n) is 16.3. The van der Waals surface area contributed by atoms with Gasteiger partial charge in [0.15, 0.2) is 5.96 Å². The molecule has 2 aromatic rings. The third-order valence-electron chi connectivity index (χ3n) is 4.88. The molecule has 1 saturated heterocycles. The molecular weight excluding hydrogens is 324 g/mol. The number of aliphatic imine (C=N–C) groups is 1. The second-order valence-electron chi connectivity index (χ2n) is 7.11. The van der Waals surface area contributed by atoms with Gasteiger partial charge >= 0.3 is 0 Å². The zero-order valence-corrected chi connectivity index (χ0v) is 16.3. The molecule has 1 N–H and O–H groups in total. The van der Waals surface area contributed by atoms with Crippen LogP contribution in [0.15, 0.2) is 41.7 Å². The first-order chi connectivity index (χ1) is 12.6. The molecule has 0 saturated carbocycles. The standard InChI is InChI=1S/C20H30N6/c1-5-21-20(22-12-16-6-8-19(9-7-16)24(2)3)26-11-10-17(15-26)18-13-23-25(4)14-18/h6-9,13-14,17H,5,10-12,15H2,1-4H3,(H,21,22). The minimum atomic E-state index is 0.534. The van der Waals surface area contributed by atoms with Crippen LogP contribution in [0.25, 0.3) is 0 Å². The van der Waals surface area contributed by atoms with E-state index in [1.54, 1.807) is 0 Å². The van der Waals surface area contributed by atoms with Crippen LogP contribution in [0.1, 0.15) is 30.4 Å². The molecule has 0 spiro atoms. The maximum absolute atomic E-state index is 4.87. The fraction of sp³-hybridized carbons (Fsp3) is 0.500. The van der Waals surface area contributed by atoms with Gasteiger partial charge < -0.3 is 15.1 Å². The van der Waals surface area contributed by atoms with Gasteiger partial charge in [-0.15, -0.1) is 0 Å². The Bertz CT molecular complexity index is 731. The normalized spacial score (nSPS) is 17.6. The van der Waals surface area contributed by atoms with Crippen molar-refractivity contribution in [2.45, 2.75) is 25.8 Å². The van der Waals surface area contributed by atoms with Crippen LogP contribution in [0.3, 0.4) is 0 Å². The lowest BCUT2D eigenvalue weighted by Gasteiger charge is -2.21. The van der Waals surface area contributed by atoms with E-state index >= 15 is 0 Å². The molecule has 1 aromatic carbocycles. The Labute approximate surface area is 156 Å². The number of rotatable bonds is 5. The third kappa shape index (κ3) is 4.36. The predicted molar refractivity (Wildman–Crippen MR) is 108 cm³/mol. The summed E-state index contributed by atoms with van der Waals surface area (Å²) in [6.07, 6.45) is 5.27. The molecule has 3 rings (SSSR count). The first kappa shape index (κ1) is 18.3. The highest BCUT2D eigenvalue weighted by Crippen LogP contribution is 2.26. The highest BCUT2D eigenvalue weighted by molar-refractivity contribution is 5.80. The fourth-order valence-corrected chi connectivity index (χ4v) is 3.37. The average Bonchev–Trinajstić information content (AvgIpc) is 3.28. The Balaban J connectivity index is 1.65. The SMILES string of the molecule is CCNC(=NCc1ccc(N(C)C)cc1)N1CCC(c2cnn(C)c2)C1. The van der Waals surface area contributed by atoms with E-state index in [2.05, 4.69) is 71.7 Å². The smallest absolute Gasteiger partial charge is 0.194 e. The van der Waals surface area contributed by atoms with Gasteiger partial charge in [0.25, 0.3) is 0 Å². The summed E-state index contributed by atoms with van der Waals surface area (Å²) in [6.45, 7) is 5.73. The molecule has 1 atom stereocenters. The van der Waals surface area contributed by atoms with Gasteiger partial charge in [-0.05, 0) is 36.6 Å². The zero-order chi connectivity index (χ0) is 18.5. The summed E-state index contributed by atoms with van der Waals surface area (Å²) in [6, 6.07) is 8.60. The number of aromatic nitrogens is 2. The fourth-order valence-electron chi connectivity index (χ4n) is 3.37. The van der Waals surface area contributed by atoms with Crippen LogP contribution < -0.4 is 10.2 Å². The molecule has 0 amide bonds. The molecule has 140 valence electrons. The minimum Gasteiger partial charge on any atom is -0.378 e. The number of guanidine groups is 1. The van der Waals surface area contributed by atoms with Crippen LogP contribution in [-0.2, 0) is 13.6 Å². The predicted octanol–water partition coefficient (Wildman–Crippen LogP) is 2.44. The van der Waals surface area contributed by atoms with Gasteiger partial charge in [-0.1, -0.05) is 12.1 Å². The quantitative estimate of drug-likeness (QED) is 0.662. The summed E-state index contributed by atoms with van der Waals surface area (Å²) < 4.78 is 1.88. The van der Waals surface area contributed by atoms with Crippen molar-refractivity contribution in [2.24, 2.45) is 12.0 Å². The number of anilines is 1. The highest BCUT2D eigenvalue weighted by atomic mass is 15.3. The van der Waals surface area contributed by atoms with Crippen molar-refractivity contribution in [3.05, 3.63) is 47.8 Å². The Kier molecular flexibility index (Phi) is 5.81. The summed E-state index contributed by atoms with van der Waals surface area (Å²) in [4.78, 5) is 9.35. The van der Waals surface area contributed by atoms with Crippen LogP contribution in [0, 0.1) is 0 Å². The molecule has 1 aliphatic rings. The highest BCUT2D eigenvalue weighted by Gasteiger charge is 2.26. The molecule has 6 nitrogen and oxygen atoms in total. The van der Waals surface area contributed by atoms with Crippen molar-refractivity contribution in [3.63, 3.8) is 0 Å². The number of nitrogens with zero attached hydrogens (tertiary/aromatic N) is 5. The van der Waals surface area contributed by atoms with E-state index in [1.165, 1.54) is 16.8 Å². The van der Waals surface area contributed by atoms with E-state index in [0.717, 1.165) is 32.0 Å². The van der Waals surface area contributed by atoms with Gasteiger partial charge in [0.1, 0.15) is 0 Å². The van der Waals surface area contributed by atoms with Crippen LogP contribution in [0.5, 0.6) is 0 Å². The second-order valence-corrected chi connectivity index (χ2v) is 7.11. The topological polar surface area (TPSA) is 48.7 Å². The molecular formula is C20H30N6. The van der Waals surface area contributed by atoms with Gasteiger partial charge in [0.05, 0.1) is 12.7 Å². The monoisotopic (exact) mass is 354 g/mol. The van der Waals surface area contributed by atoms with E-state index in [9.17, 15) is 0 Å². The van der Waals surface area contributed by atoms with Gasteiger partial charge in [-0.3, -0.25) is 4.68 Å². The summed E-state index contributed by atoms with van der Waals surface area (Å²) in [7, 11) is 6.09. The first-order valence-electron chi connectivity index (χ1n) is 9.35. The van der Waals surface area contributed by atoms with Gasteiger partial charge in [0.2, 0.25) is 0 Å². The van der Waals surface area contributed by atoms with Crippen molar-refractivity contribution >= 4 is 11.6 Å². The summed E-state index contributed by atoms with van der Waals surface area (Å²) >= 11 is 0. The first-order valence-corrected chi connectivity index (χ1v) is 9.35. The third-order valence-corrected chi connectivity index (χ3v) is 4.88. The molecule has 1 aliphatic heterocycles. The van der Waals surface area contributed by atoms with Crippen LogP contribution >= 0.6 is 0 Å². The molecule has 0 aliphatic carbocycles. The average molecular weight is 355 g/mol. The van der Waals surface area contributed by atoms with Gasteiger partial charge in [-0.25, -0.2) is 4.99 Å². The molecule has 1 aromatic heterocycles. The minimum absolute atomic E-state index is 0.534. The molecule has 2 heterocycles. The summed E-state index contributed by atoms with van der Waals surface area (Å²) in [5.41, 5.74) is 3.77. The van der Waals surface area contributed by atoms with Crippen molar-refractivity contribution < 1.29 is 0 Å². The molecule has 6 heteroatoms. The largest absolute Gasteiger partial charge is 0.378 e. The summed E-state index contributed by atoms with van der Waals surface area (Å²) in [5.74, 6) is 1.54. The Morgan fingerprint density at radius 3 is 2.69 bits per heavy atom. The van der Waals surface area contributed by atoms with E-state index in [-0.39, 0.29) is 0 Å². The van der Waals surface area contributed by atoms with Crippen molar-refractivity contribution in [2.75, 3.05) is 38.6 Å². The molecule has 1 unspecified atom stereocenters. The number of aryl methyl sites for hydroxylation is 1. The maximum atomic E-state index is 4.87. The van der Waals surface area contributed by atoms with E-state index in [0.29, 0.717) is 12.5 Å². The molecule has 0 bridgehead atoms. The van der Waals surface area contributed by atoms with Crippen LogP contribution in [-0.4, -0.2) is 54.4 Å². The number of nitrogens with one attached hydrogen (secondary N) is 1. The lowest BCUT2D eigenvalue weighted by atomic mass is 10.0. The number of hydrogen-bond acceptors (Lipinski definition) is 3. The van der Waals surface area contributed by atoms with Crippen molar-refractivity contribution in [1.82, 2.24) is 20.0 Å². The molecule has 0 radical (unpaired) electrons. The second kappa shape index (κ2) is 8.25. The maximum Gasteiger partial charge on any atom is 0.194 e. The van der Waals surface area contributed by atoms with Crippen LogP contribution in [0.2, 0.25) is 0 Å². The number of benzene rings is 1. The number of hydrogen-bond donors (Lipinski definition) is 1. The Hall–Kier alpha value is -2.50. The van der Waals surface area contributed by atoms with Crippen molar-refractivity contribution in [3.8, 4) is 0 Å². The van der Waals surface area contributed by atoms with E-state index < -0.39 is 0 Å². The number of likely N-dealkylation sites (tertiary alicyclic amines) is 1. The van der Waals surface area contributed by atoms with E-state index in [4.69, 9.17) is 4.99 Å². The Morgan fingerprint density at radius 1 is 1.31 bits per heavy atom. The molecule has 26 heavy (non-hydrogen) atoms. The van der Waals surface area contributed by atoms with E-state index in [1.807, 2.05) is 17.9 Å². The summed E-state index contributed by atoms with van der Waals surface area (Å²) in [5, 5.41) is 7.76. The van der Waals surface area contributed by atoms with Gasteiger partial charge in [0, 0.05) is 58.6 Å². The van der Waals surface area contributed by atoms with Gasteiger partial charge in [-0.2, -0.15) is 5.10 Å². The Morgan fingerprint density at radius 2 is 2.08 bits per heavy atom. The molecule has 1 fully saturated rings.